The molecular weight excluding hydrogens is 336 g/mol. The third kappa shape index (κ3) is 1.01. The van der Waals surface area contributed by atoms with E-state index in [1.54, 1.807) is 32.1 Å². The molecule has 0 aromatic heterocycles. The van der Waals surface area contributed by atoms with Gasteiger partial charge in [0, 0.05) is 0 Å². The highest BCUT2D eigenvalue weighted by atomic mass is 15.2. The van der Waals surface area contributed by atoms with E-state index in [1.165, 1.54) is 48.3 Å². The third-order valence-electron chi connectivity index (χ3n) is 14.8. The summed E-state index contributed by atoms with van der Waals surface area (Å²) >= 11 is 0. The monoisotopic (exact) mass is 378 g/mol. The average molecular weight is 379 g/mol. The lowest BCUT2D eigenvalue weighted by molar-refractivity contribution is -0.181. The molecule has 0 heteroatoms. The van der Waals surface area contributed by atoms with E-state index in [4.69, 9.17) is 0 Å². The van der Waals surface area contributed by atoms with Gasteiger partial charge in [0.25, 0.3) is 0 Å². The summed E-state index contributed by atoms with van der Waals surface area (Å²) in [5.74, 6) is 11.1. The maximum absolute atomic E-state index is 2.71. The predicted octanol–water partition coefficient (Wildman–Crippen LogP) is 7.04. The van der Waals surface area contributed by atoms with Gasteiger partial charge in [0.05, 0.1) is 0 Å². The molecule has 2 bridgehead atoms. The molecule has 9 aliphatic carbocycles. The van der Waals surface area contributed by atoms with Crippen LogP contribution in [0.1, 0.15) is 86.5 Å². The largest absolute Gasteiger partial charge is 0.0651 e. The van der Waals surface area contributed by atoms with Crippen molar-refractivity contribution in [1.29, 1.82) is 0 Å². The smallest absolute Gasteiger partial charge is 0.0102 e. The second-order valence-corrected chi connectivity index (χ2v) is 13.9. The van der Waals surface area contributed by atoms with Crippen LogP contribution >= 0.6 is 0 Å². The van der Waals surface area contributed by atoms with E-state index in [0.717, 1.165) is 50.7 Å². The van der Waals surface area contributed by atoms with E-state index >= 15 is 0 Å². The molecule has 0 aliphatic heterocycles. The molecule has 0 amide bonds. The van der Waals surface area contributed by atoms with Crippen LogP contribution in [0.2, 0.25) is 0 Å². The predicted molar refractivity (Wildman–Crippen MR) is 113 cm³/mol. The molecule has 154 valence electrons. The van der Waals surface area contributed by atoms with Crippen LogP contribution in [-0.2, 0) is 0 Å². The average Bonchev–Trinajstić information content (AvgIpc) is 3.23. The van der Waals surface area contributed by atoms with Crippen molar-refractivity contribution in [3.63, 3.8) is 0 Å². The van der Waals surface area contributed by atoms with Crippen molar-refractivity contribution in [2.24, 2.45) is 86.3 Å². The highest BCUT2D eigenvalue weighted by Gasteiger charge is 3.15. The van der Waals surface area contributed by atoms with Gasteiger partial charge in [0.15, 0.2) is 0 Å². The van der Waals surface area contributed by atoms with Gasteiger partial charge in [-0.05, 0) is 112 Å². The Balaban J connectivity index is 1.16. The van der Waals surface area contributed by atoms with Crippen LogP contribution in [-0.4, -0.2) is 0 Å². The number of hydrogen-bond acceptors (Lipinski definition) is 0. The Morgan fingerprint density at radius 3 is 2.46 bits per heavy atom. The molecule has 0 nitrogen and oxygen atoms in total. The van der Waals surface area contributed by atoms with Gasteiger partial charge in [-0.15, -0.1) is 0 Å². The van der Waals surface area contributed by atoms with Crippen LogP contribution in [0.25, 0.3) is 0 Å². The zero-order valence-corrected chi connectivity index (χ0v) is 19.2. The van der Waals surface area contributed by atoms with Gasteiger partial charge >= 0.3 is 0 Å². The van der Waals surface area contributed by atoms with Crippen molar-refractivity contribution in [1.82, 2.24) is 0 Å². The Kier molecular flexibility index (Phi) is 2.42. The van der Waals surface area contributed by atoms with Crippen LogP contribution in [0, 0.1) is 86.3 Å². The van der Waals surface area contributed by atoms with Gasteiger partial charge in [0.2, 0.25) is 0 Å². The summed E-state index contributed by atoms with van der Waals surface area (Å²) in [6.45, 7) is 15.5. The molecule has 0 N–H and O–H groups in total. The lowest BCUT2D eigenvalue weighted by atomic mass is 9.39. The number of hydrogen-bond donors (Lipinski definition) is 0. The van der Waals surface area contributed by atoms with E-state index in [1.807, 2.05) is 0 Å². The fraction of sp³-hybridized carbons (Fsp3) is 1.00. The molecule has 9 aliphatic rings. The van der Waals surface area contributed by atoms with Crippen molar-refractivity contribution in [2.75, 3.05) is 0 Å². The normalized spacial score (nSPS) is 70.0. The van der Waals surface area contributed by atoms with E-state index in [2.05, 4.69) is 41.5 Å². The fourth-order valence-corrected chi connectivity index (χ4v) is 15.0. The standard InChI is InChI=1S/C28H42/c1-7-15(5)17(8-2)16(6)26-13-24(26)12-18-20(22(24)26)21-23-25-11-9-10-19(25)27(21,14(3)4)28(18,23)25/h14-23H,7-13H2,1-6H3. The summed E-state index contributed by atoms with van der Waals surface area (Å²) in [6.07, 6.45) is 11.0. The first-order valence-corrected chi connectivity index (χ1v) is 13.4. The van der Waals surface area contributed by atoms with Gasteiger partial charge in [-0.3, -0.25) is 0 Å². The van der Waals surface area contributed by atoms with Crippen LogP contribution in [0.15, 0.2) is 0 Å². The first-order chi connectivity index (χ1) is 13.4. The van der Waals surface area contributed by atoms with E-state index in [-0.39, 0.29) is 0 Å². The third-order valence-corrected chi connectivity index (χ3v) is 14.8. The first-order valence-electron chi connectivity index (χ1n) is 13.4. The Morgan fingerprint density at radius 2 is 1.79 bits per heavy atom. The molecule has 3 spiro atoms. The quantitative estimate of drug-likeness (QED) is 0.465. The van der Waals surface area contributed by atoms with Crippen LogP contribution < -0.4 is 0 Å². The first kappa shape index (κ1) is 16.7. The van der Waals surface area contributed by atoms with Crippen LogP contribution in [0.5, 0.6) is 0 Å². The Labute approximate surface area is 173 Å². The maximum atomic E-state index is 2.71. The topological polar surface area (TPSA) is 0 Å². The van der Waals surface area contributed by atoms with E-state index < -0.39 is 0 Å². The lowest BCUT2D eigenvalue weighted by Crippen LogP contribution is -2.61. The molecule has 0 radical (unpaired) electrons. The maximum Gasteiger partial charge on any atom is -0.0102 e. The molecule has 9 rings (SSSR count). The molecule has 14 atom stereocenters. The highest BCUT2D eigenvalue weighted by Crippen LogP contribution is 3.19. The highest BCUT2D eigenvalue weighted by molar-refractivity contribution is 5.61. The zero-order chi connectivity index (χ0) is 19.2. The summed E-state index contributed by atoms with van der Waals surface area (Å²) < 4.78 is 0. The summed E-state index contributed by atoms with van der Waals surface area (Å²) in [5, 5.41) is 0. The van der Waals surface area contributed by atoms with Gasteiger partial charge in [-0.25, -0.2) is 0 Å². The molecule has 14 unspecified atom stereocenters. The molecule has 28 heavy (non-hydrogen) atoms. The Morgan fingerprint density at radius 1 is 1.00 bits per heavy atom. The SMILES string of the molecule is CCC(C)C(CC)C(C)C12CC13CC1C(C32)C2C3C45CCCC4C2(C(C)C)C135. The van der Waals surface area contributed by atoms with E-state index in [0.29, 0.717) is 0 Å². The Bertz CT molecular complexity index is 811. The van der Waals surface area contributed by atoms with E-state index in [9.17, 15) is 0 Å². The number of rotatable bonds is 6. The van der Waals surface area contributed by atoms with Crippen molar-refractivity contribution >= 4 is 0 Å². The Hall–Kier alpha value is 0. The molecule has 0 aromatic rings. The summed E-state index contributed by atoms with van der Waals surface area (Å²) in [5.41, 5.74) is 4.43. The lowest BCUT2D eigenvalue weighted by Gasteiger charge is -2.64. The van der Waals surface area contributed by atoms with Crippen molar-refractivity contribution in [3.8, 4) is 0 Å². The van der Waals surface area contributed by atoms with Gasteiger partial charge in [-0.2, -0.15) is 0 Å². The van der Waals surface area contributed by atoms with Crippen molar-refractivity contribution in [3.05, 3.63) is 0 Å². The van der Waals surface area contributed by atoms with Crippen molar-refractivity contribution in [2.45, 2.75) is 86.5 Å². The van der Waals surface area contributed by atoms with Gasteiger partial charge in [0.1, 0.15) is 0 Å². The minimum absolute atomic E-state index is 0.841. The molecule has 9 fully saturated rings. The summed E-state index contributed by atoms with van der Waals surface area (Å²) in [4.78, 5) is 0. The molecule has 0 saturated heterocycles. The summed E-state index contributed by atoms with van der Waals surface area (Å²) in [7, 11) is 0. The van der Waals surface area contributed by atoms with Crippen molar-refractivity contribution < 1.29 is 0 Å². The molecule has 0 aromatic carbocycles. The van der Waals surface area contributed by atoms with Crippen LogP contribution in [0.4, 0.5) is 0 Å². The second-order valence-electron chi connectivity index (χ2n) is 13.9. The van der Waals surface area contributed by atoms with Gasteiger partial charge in [-0.1, -0.05) is 60.8 Å². The fourth-order valence-electron chi connectivity index (χ4n) is 15.0. The van der Waals surface area contributed by atoms with Gasteiger partial charge < -0.3 is 0 Å². The molecular formula is C28H42. The summed E-state index contributed by atoms with van der Waals surface area (Å²) in [6, 6.07) is 0. The zero-order valence-electron chi connectivity index (χ0n) is 19.2. The minimum Gasteiger partial charge on any atom is -0.0651 e. The van der Waals surface area contributed by atoms with Crippen LogP contribution in [0.3, 0.4) is 0 Å². The number of fused-ring (bicyclic) bond motifs is 1. The second kappa shape index (κ2) is 4.07. The molecule has 0 heterocycles. The minimum atomic E-state index is 0.841. The molecule has 9 saturated carbocycles.